The quantitative estimate of drug-likeness (QED) is 0.621. The first-order valence-corrected chi connectivity index (χ1v) is 4.16. The monoisotopic (exact) mass is 187 g/mol. The number of nitrogens with zero attached hydrogens (tertiary/aromatic N) is 1. The number of carboxylic acids is 2. The number of hydrogen-bond donors (Lipinski definition) is 2. The maximum atomic E-state index is 10.7. The second-order valence-corrected chi connectivity index (χ2v) is 3.44. The lowest BCUT2D eigenvalue weighted by Crippen LogP contribution is -2.44. The highest BCUT2D eigenvalue weighted by atomic mass is 16.4. The maximum Gasteiger partial charge on any atom is 0.308 e. The molecule has 1 heterocycles. The normalized spacial score (nSPS) is 29.9. The molecule has 1 fully saturated rings. The summed E-state index contributed by atoms with van der Waals surface area (Å²) in [5.41, 5.74) is 0. The van der Waals surface area contributed by atoms with Crippen molar-refractivity contribution >= 4 is 11.9 Å². The average molecular weight is 187 g/mol. The molecule has 5 heteroatoms. The van der Waals surface area contributed by atoms with E-state index in [9.17, 15) is 9.59 Å². The molecule has 74 valence electrons. The fourth-order valence-corrected chi connectivity index (χ4v) is 1.66. The predicted octanol–water partition coefficient (Wildman–Crippen LogP) is -0.276. The molecule has 13 heavy (non-hydrogen) atoms. The molecule has 0 aliphatic carbocycles. The van der Waals surface area contributed by atoms with Crippen molar-refractivity contribution in [2.75, 3.05) is 20.1 Å². The third kappa shape index (κ3) is 2.18. The highest BCUT2D eigenvalue weighted by Gasteiger charge is 2.37. The fourth-order valence-electron chi connectivity index (χ4n) is 1.66. The summed E-state index contributed by atoms with van der Waals surface area (Å²) >= 11 is 0. The van der Waals surface area contributed by atoms with E-state index in [2.05, 4.69) is 0 Å². The highest BCUT2D eigenvalue weighted by Crippen LogP contribution is 2.23. The Morgan fingerprint density at radius 3 is 2.23 bits per heavy atom. The first kappa shape index (κ1) is 9.98. The zero-order valence-corrected chi connectivity index (χ0v) is 7.43. The number of aliphatic carboxylic acids is 2. The summed E-state index contributed by atoms with van der Waals surface area (Å²) in [6, 6.07) is 0. The van der Waals surface area contributed by atoms with Crippen LogP contribution in [0.5, 0.6) is 0 Å². The van der Waals surface area contributed by atoms with Gasteiger partial charge in [-0.3, -0.25) is 9.59 Å². The van der Waals surface area contributed by atoms with Gasteiger partial charge < -0.3 is 15.1 Å². The molecule has 0 amide bonds. The average Bonchev–Trinajstić information content (AvgIpc) is 2.03. The van der Waals surface area contributed by atoms with Crippen molar-refractivity contribution < 1.29 is 19.8 Å². The first-order valence-electron chi connectivity index (χ1n) is 4.16. The maximum absolute atomic E-state index is 10.7. The molecule has 5 nitrogen and oxygen atoms in total. The van der Waals surface area contributed by atoms with Gasteiger partial charge >= 0.3 is 11.9 Å². The molecule has 2 N–H and O–H groups in total. The van der Waals surface area contributed by atoms with E-state index in [4.69, 9.17) is 10.2 Å². The minimum absolute atomic E-state index is 0.326. The van der Waals surface area contributed by atoms with Gasteiger partial charge in [-0.25, -0.2) is 0 Å². The molecule has 0 radical (unpaired) electrons. The van der Waals surface area contributed by atoms with Crippen LogP contribution in [0.1, 0.15) is 6.42 Å². The minimum Gasteiger partial charge on any atom is -0.481 e. The van der Waals surface area contributed by atoms with Crippen LogP contribution in [0.3, 0.4) is 0 Å². The predicted molar refractivity (Wildman–Crippen MR) is 44.4 cm³/mol. The smallest absolute Gasteiger partial charge is 0.308 e. The lowest BCUT2D eigenvalue weighted by Gasteiger charge is -2.31. The summed E-state index contributed by atoms with van der Waals surface area (Å²) in [6.45, 7) is 0.979. The van der Waals surface area contributed by atoms with Crippen molar-refractivity contribution in [1.29, 1.82) is 0 Å². The SMILES string of the molecule is CN1CCC(C(=O)O)C(C(=O)O)C1. The Balaban J connectivity index is 2.72. The van der Waals surface area contributed by atoms with Crippen LogP contribution in [0.25, 0.3) is 0 Å². The van der Waals surface area contributed by atoms with Gasteiger partial charge in [0.1, 0.15) is 0 Å². The molecule has 1 aliphatic rings. The van der Waals surface area contributed by atoms with Gasteiger partial charge in [0.2, 0.25) is 0 Å². The van der Waals surface area contributed by atoms with E-state index < -0.39 is 23.8 Å². The van der Waals surface area contributed by atoms with Crippen LogP contribution in [-0.4, -0.2) is 47.2 Å². The van der Waals surface area contributed by atoms with E-state index in [1.54, 1.807) is 7.05 Å². The molecular formula is C8H13NO4. The number of piperidine rings is 1. The molecule has 0 aromatic carbocycles. The molecule has 1 saturated heterocycles. The highest BCUT2D eigenvalue weighted by molar-refractivity contribution is 5.80. The minimum atomic E-state index is -1.01. The van der Waals surface area contributed by atoms with Gasteiger partial charge in [0, 0.05) is 6.54 Å². The van der Waals surface area contributed by atoms with E-state index in [1.165, 1.54) is 0 Å². The van der Waals surface area contributed by atoms with Gasteiger partial charge in [-0.2, -0.15) is 0 Å². The van der Waals surface area contributed by atoms with Crippen LogP contribution in [0.2, 0.25) is 0 Å². The fraction of sp³-hybridized carbons (Fsp3) is 0.750. The van der Waals surface area contributed by atoms with Crippen LogP contribution < -0.4 is 0 Å². The second-order valence-electron chi connectivity index (χ2n) is 3.44. The van der Waals surface area contributed by atoms with E-state index in [1.807, 2.05) is 4.90 Å². The van der Waals surface area contributed by atoms with Crippen LogP contribution >= 0.6 is 0 Å². The first-order chi connectivity index (χ1) is 6.02. The van der Waals surface area contributed by atoms with Crippen LogP contribution in [0, 0.1) is 11.8 Å². The summed E-state index contributed by atoms with van der Waals surface area (Å²) in [4.78, 5) is 23.3. The summed E-state index contributed by atoms with van der Waals surface area (Å²) in [7, 11) is 1.80. The Labute approximate surface area is 76.0 Å². The third-order valence-corrected chi connectivity index (χ3v) is 2.45. The number of carbonyl (C=O) groups is 2. The lowest BCUT2D eigenvalue weighted by atomic mass is 9.86. The van der Waals surface area contributed by atoms with Crippen molar-refractivity contribution in [2.45, 2.75) is 6.42 Å². The van der Waals surface area contributed by atoms with Crippen molar-refractivity contribution in [3.63, 3.8) is 0 Å². The molecular weight excluding hydrogens is 174 g/mol. The summed E-state index contributed by atoms with van der Waals surface area (Å²) in [6.07, 6.45) is 0.419. The van der Waals surface area contributed by atoms with Gasteiger partial charge in [-0.05, 0) is 20.0 Å². The largest absolute Gasteiger partial charge is 0.481 e. The van der Waals surface area contributed by atoms with Gasteiger partial charge in [0.05, 0.1) is 11.8 Å². The van der Waals surface area contributed by atoms with Crippen LogP contribution in [-0.2, 0) is 9.59 Å². The molecule has 2 atom stereocenters. The molecule has 2 unspecified atom stereocenters. The van der Waals surface area contributed by atoms with Crippen molar-refractivity contribution in [3.8, 4) is 0 Å². The summed E-state index contributed by atoms with van der Waals surface area (Å²) < 4.78 is 0. The van der Waals surface area contributed by atoms with Crippen molar-refractivity contribution in [1.82, 2.24) is 4.90 Å². The Morgan fingerprint density at radius 1 is 1.23 bits per heavy atom. The number of hydrogen-bond acceptors (Lipinski definition) is 3. The number of likely N-dealkylation sites (tertiary alicyclic amines) is 1. The van der Waals surface area contributed by atoms with Gasteiger partial charge in [-0.1, -0.05) is 0 Å². The van der Waals surface area contributed by atoms with Crippen LogP contribution in [0.15, 0.2) is 0 Å². The molecule has 0 spiro atoms. The molecule has 0 bridgehead atoms. The molecule has 0 aromatic rings. The zero-order chi connectivity index (χ0) is 10.0. The molecule has 0 saturated carbocycles. The number of carboxylic acid groups (broad SMARTS) is 2. The Morgan fingerprint density at radius 2 is 1.77 bits per heavy atom. The van der Waals surface area contributed by atoms with Crippen molar-refractivity contribution in [3.05, 3.63) is 0 Å². The van der Waals surface area contributed by atoms with Gasteiger partial charge in [0.15, 0.2) is 0 Å². The zero-order valence-electron chi connectivity index (χ0n) is 7.43. The van der Waals surface area contributed by atoms with E-state index in [0.29, 0.717) is 19.5 Å². The van der Waals surface area contributed by atoms with Gasteiger partial charge in [0.25, 0.3) is 0 Å². The second kappa shape index (κ2) is 3.74. The van der Waals surface area contributed by atoms with E-state index >= 15 is 0 Å². The molecule has 1 aliphatic heterocycles. The van der Waals surface area contributed by atoms with Crippen LogP contribution in [0.4, 0.5) is 0 Å². The third-order valence-electron chi connectivity index (χ3n) is 2.45. The van der Waals surface area contributed by atoms with Crippen molar-refractivity contribution in [2.24, 2.45) is 11.8 Å². The van der Waals surface area contributed by atoms with E-state index in [0.717, 1.165) is 0 Å². The summed E-state index contributed by atoms with van der Waals surface area (Å²) in [5.74, 6) is -3.51. The Bertz CT molecular complexity index is 228. The summed E-state index contributed by atoms with van der Waals surface area (Å²) in [5, 5.41) is 17.5. The number of rotatable bonds is 2. The topological polar surface area (TPSA) is 77.8 Å². The molecule has 0 aromatic heterocycles. The lowest BCUT2D eigenvalue weighted by molar-refractivity contribution is -0.156. The standard InChI is InChI=1S/C8H13NO4/c1-9-3-2-5(7(10)11)6(4-9)8(12)13/h5-6H,2-4H2,1H3,(H,10,11)(H,12,13). The van der Waals surface area contributed by atoms with Gasteiger partial charge in [-0.15, -0.1) is 0 Å². The molecule has 1 rings (SSSR count). The van der Waals surface area contributed by atoms with E-state index in [-0.39, 0.29) is 0 Å². The Hall–Kier alpha value is -1.10. The Kier molecular flexibility index (Phi) is 2.87.